The van der Waals surface area contributed by atoms with E-state index in [4.69, 9.17) is 10.5 Å². The van der Waals surface area contributed by atoms with Crippen LogP contribution in [0.4, 0.5) is 5.69 Å². The maximum atomic E-state index is 5.77. The fraction of sp³-hybridized carbons (Fsp3) is 0.583. The Labute approximate surface area is 96.4 Å². The molecule has 1 unspecified atom stereocenters. The van der Waals surface area contributed by atoms with Gasteiger partial charge in [0.2, 0.25) is 0 Å². The van der Waals surface area contributed by atoms with Gasteiger partial charge >= 0.3 is 0 Å². The van der Waals surface area contributed by atoms with Crippen LogP contribution in [-0.4, -0.2) is 31.3 Å². The lowest BCUT2D eigenvalue weighted by Gasteiger charge is -2.21. The van der Waals surface area contributed by atoms with E-state index < -0.39 is 0 Å². The van der Waals surface area contributed by atoms with Crippen molar-refractivity contribution in [2.75, 3.05) is 31.2 Å². The zero-order chi connectivity index (χ0) is 11.4. The molecule has 2 heterocycles. The molecule has 0 radical (unpaired) electrons. The quantitative estimate of drug-likeness (QED) is 0.818. The molecule has 0 amide bonds. The van der Waals surface area contributed by atoms with Crippen molar-refractivity contribution in [3.8, 4) is 0 Å². The first kappa shape index (κ1) is 11.4. The Kier molecular flexibility index (Phi) is 3.74. The van der Waals surface area contributed by atoms with E-state index >= 15 is 0 Å². The number of aromatic nitrogens is 1. The average Bonchev–Trinajstić information content (AvgIpc) is 2.57. The molecule has 1 saturated heterocycles. The van der Waals surface area contributed by atoms with Crippen LogP contribution in [0, 0.1) is 0 Å². The van der Waals surface area contributed by atoms with Crippen LogP contribution in [0.5, 0.6) is 0 Å². The molecule has 0 spiro atoms. The molecular formula is C12H19N3O. The van der Waals surface area contributed by atoms with E-state index in [1.807, 2.05) is 19.2 Å². The first-order chi connectivity index (χ1) is 7.77. The number of rotatable bonds is 2. The molecule has 1 aromatic rings. The molecule has 88 valence electrons. The highest BCUT2D eigenvalue weighted by Gasteiger charge is 2.10. The summed E-state index contributed by atoms with van der Waals surface area (Å²) in [5, 5.41) is 0. The number of nitrogens with two attached hydrogens (primary N) is 1. The van der Waals surface area contributed by atoms with Gasteiger partial charge in [-0.3, -0.25) is 4.98 Å². The van der Waals surface area contributed by atoms with Gasteiger partial charge in [-0.1, -0.05) is 0 Å². The van der Waals surface area contributed by atoms with Crippen molar-refractivity contribution >= 4 is 5.69 Å². The molecule has 2 N–H and O–H groups in total. The van der Waals surface area contributed by atoms with Gasteiger partial charge in [-0.2, -0.15) is 0 Å². The third-order valence-electron chi connectivity index (χ3n) is 2.82. The van der Waals surface area contributed by atoms with Crippen LogP contribution in [0.3, 0.4) is 0 Å². The predicted molar refractivity (Wildman–Crippen MR) is 64.5 cm³/mol. The molecule has 1 aliphatic rings. The molecular weight excluding hydrogens is 202 g/mol. The first-order valence-corrected chi connectivity index (χ1v) is 5.81. The third-order valence-corrected chi connectivity index (χ3v) is 2.82. The van der Waals surface area contributed by atoms with Crippen molar-refractivity contribution in [1.29, 1.82) is 0 Å². The lowest BCUT2D eigenvalue weighted by Crippen LogP contribution is -2.26. The second kappa shape index (κ2) is 5.27. The Hall–Kier alpha value is -1.13. The molecule has 2 rings (SSSR count). The molecule has 16 heavy (non-hydrogen) atoms. The Bertz CT molecular complexity index is 316. The number of pyridine rings is 1. The van der Waals surface area contributed by atoms with E-state index in [9.17, 15) is 0 Å². The first-order valence-electron chi connectivity index (χ1n) is 5.81. The molecule has 0 bridgehead atoms. The number of ether oxygens (including phenoxy) is 1. The summed E-state index contributed by atoms with van der Waals surface area (Å²) >= 11 is 0. The fourth-order valence-corrected chi connectivity index (χ4v) is 1.86. The Morgan fingerprint density at radius 1 is 1.38 bits per heavy atom. The van der Waals surface area contributed by atoms with Crippen LogP contribution in [0.25, 0.3) is 0 Å². The van der Waals surface area contributed by atoms with Crippen molar-refractivity contribution in [2.24, 2.45) is 5.73 Å². The highest BCUT2D eigenvalue weighted by molar-refractivity contribution is 5.44. The van der Waals surface area contributed by atoms with Gasteiger partial charge in [0.1, 0.15) is 0 Å². The van der Waals surface area contributed by atoms with Crippen LogP contribution in [0.15, 0.2) is 18.3 Å². The van der Waals surface area contributed by atoms with E-state index in [0.717, 1.165) is 44.1 Å². The fourth-order valence-electron chi connectivity index (χ4n) is 1.86. The molecule has 0 saturated carbocycles. The van der Waals surface area contributed by atoms with Crippen molar-refractivity contribution in [1.82, 2.24) is 4.98 Å². The summed E-state index contributed by atoms with van der Waals surface area (Å²) in [6, 6.07) is 4.10. The number of hydrogen-bond donors (Lipinski definition) is 1. The van der Waals surface area contributed by atoms with Crippen molar-refractivity contribution < 1.29 is 4.74 Å². The number of hydrogen-bond acceptors (Lipinski definition) is 4. The highest BCUT2D eigenvalue weighted by atomic mass is 16.5. The lowest BCUT2D eigenvalue weighted by atomic mass is 10.2. The minimum atomic E-state index is 0.00140. The second-order valence-corrected chi connectivity index (χ2v) is 4.18. The van der Waals surface area contributed by atoms with Gasteiger partial charge in [0.25, 0.3) is 0 Å². The Morgan fingerprint density at radius 2 is 2.25 bits per heavy atom. The van der Waals surface area contributed by atoms with E-state index in [1.165, 1.54) is 0 Å². The minimum Gasteiger partial charge on any atom is -0.380 e. The van der Waals surface area contributed by atoms with Crippen molar-refractivity contribution in [3.63, 3.8) is 0 Å². The van der Waals surface area contributed by atoms with Crippen LogP contribution >= 0.6 is 0 Å². The van der Waals surface area contributed by atoms with Gasteiger partial charge in [-0.05, 0) is 25.5 Å². The van der Waals surface area contributed by atoms with Crippen LogP contribution in [0.2, 0.25) is 0 Å². The van der Waals surface area contributed by atoms with E-state index in [-0.39, 0.29) is 6.04 Å². The monoisotopic (exact) mass is 221 g/mol. The molecule has 4 heteroatoms. The molecule has 1 aromatic heterocycles. The Balaban J connectivity index is 2.07. The van der Waals surface area contributed by atoms with Crippen molar-refractivity contribution in [2.45, 2.75) is 19.4 Å². The molecule has 0 aromatic carbocycles. The molecule has 1 aliphatic heterocycles. The van der Waals surface area contributed by atoms with Crippen LogP contribution in [-0.2, 0) is 4.74 Å². The minimum absolute atomic E-state index is 0.00140. The smallest absolute Gasteiger partial charge is 0.0641 e. The zero-order valence-electron chi connectivity index (χ0n) is 9.72. The second-order valence-electron chi connectivity index (χ2n) is 4.18. The Morgan fingerprint density at radius 3 is 2.94 bits per heavy atom. The van der Waals surface area contributed by atoms with Gasteiger partial charge < -0.3 is 15.4 Å². The molecule has 0 aliphatic carbocycles. The van der Waals surface area contributed by atoms with Gasteiger partial charge in [0, 0.05) is 25.7 Å². The van der Waals surface area contributed by atoms with E-state index in [2.05, 4.69) is 16.0 Å². The molecule has 1 atom stereocenters. The third kappa shape index (κ3) is 2.71. The summed E-state index contributed by atoms with van der Waals surface area (Å²) in [6.45, 7) is 5.59. The largest absolute Gasteiger partial charge is 0.380 e. The SMILES string of the molecule is CC(N)c1ccc(N2CCCOCC2)cn1. The van der Waals surface area contributed by atoms with Gasteiger partial charge in [0.15, 0.2) is 0 Å². The van der Waals surface area contributed by atoms with E-state index in [0.29, 0.717) is 0 Å². The van der Waals surface area contributed by atoms with Gasteiger partial charge in [0.05, 0.1) is 24.2 Å². The lowest BCUT2D eigenvalue weighted by molar-refractivity contribution is 0.152. The maximum Gasteiger partial charge on any atom is 0.0641 e. The number of anilines is 1. The maximum absolute atomic E-state index is 5.77. The van der Waals surface area contributed by atoms with Crippen LogP contribution in [0.1, 0.15) is 25.1 Å². The zero-order valence-corrected chi connectivity index (χ0v) is 9.72. The van der Waals surface area contributed by atoms with Crippen LogP contribution < -0.4 is 10.6 Å². The molecule has 1 fully saturated rings. The van der Waals surface area contributed by atoms with Crippen molar-refractivity contribution in [3.05, 3.63) is 24.0 Å². The normalized spacial score (nSPS) is 19.2. The van der Waals surface area contributed by atoms with E-state index in [1.54, 1.807) is 0 Å². The standard InChI is InChI=1S/C12H19N3O/c1-10(13)12-4-3-11(9-14-12)15-5-2-7-16-8-6-15/h3-4,9-10H,2,5-8,13H2,1H3. The summed E-state index contributed by atoms with van der Waals surface area (Å²) in [4.78, 5) is 6.69. The summed E-state index contributed by atoms with van der Waals surface area (Å²) in [5.74, 6) is 0. The average molecular weight is 221 g/mol. The summed E-state index contributed by atoms with van der Waals surface area (Å²) in [7, 11) is 0. The van der Waals surface area contributed by atoms with Gasteiger partial charge in [-0.25, -0.2) is 0 Å². The molecule has 4 nitrogen and oxygen atoms in total. The van der Waals surface area contributed by atoms with Gasteiger partial charge in [-0.15, -0.1) is 0 Å². The predicted octanol–water partition coefficient (Wildman–Crippen LogP) is 1.33. The summed E-state index contributed by atoms with van der Waals surface area (Å²) in [6.07, 6.45) is 2.99. The highest BCUT2D eigenvalue weighted by Crippen LogP contribution is 2.16. The summed E-state index contributed by atoms with van der Waals surface area (Å²) in [5.41, 5.74) is 7.87. The summed E-state index contributed by atoms with van der Waals surface area (Å²) < 4.78 is 5.43. The topological polar surface area (TPSA) is 51.4 Å². The number of nitrogens with zero attached hydrogens (tertiary/aromatic N) is 2.